The van der Waals surface area contributed by atoms with Gasteiger partial charge in [0.05, 0.1) is 16.7 Å². The fourth-order valence-electron chi connectivity index (χ4n) is 1.64. The molecule has 2 aromatic rings. The molecule has 0 atom stereocenters. The summed E-state index contributed by atoms with van der Waals surface area (Å²) < 4.78 is 41.5. The second kappa shape index (κ2) is 5.61. The quantitative estimate of drug-likeness (QED) is 0.812. The van der Waals surface area contributed by atoms with Gasteiger partial charge >= 0.3 is 0 Å². The van der Waals surface area contributed by atoms with Gasteiger partial charge in [0, 0.05) is 6.26 Å². The third-order valence-electron chi connectivity index (χ3n) is 2.65. The molecule has 0 amide bonds. The molecule has 0 aliphatic heterocycles. The Morgan fingerprint density at radius 2 is 2.00 bits per heavy atom. The number of sulfone groups is 1. The van der Waals surface area contributed by atoms with Crippen molar-refractivity contribution in [2.24, 2.45) is 0 Å². The number of hydrogen-bond acceptors (Lipinski definition) is 5. The lowest BCUT2D eigenvalue weighted by molar-refractivity contribution is 0.101. The van der Waals surface area contributed by atoms with Crippen LogP contribution in [-0.4, -0.2) is 25.4 Å². The van der Waals surface area contributed by atoms with Crippen LogP contribution >= 0.6 is 0 Å². The van der Waals surface area contributed by atoms with E-state index < -0.39 is 21.4 Å². The van der Waals surface area contributed by atoms with Crippen molar-refractivity contribution in [3.05, 3.63) is 47.9 Å². The lowest BCUT2D eigenvalue weighted by atomic mass is 10.2. The van der Waals surface area contributed by atoms with Crippen molar-refractivity contribution < 1.29 is 22.3 Å². The summed E-state index contributed by atoms with van der Waals surface area (Å²) in [5.74, 6) is -0.942. The number of Topliss-reactive ketones (excluding diaryl/α,β-unsaturated/α-hetero) is 1. The molecule has 0 aliphatic rings. The standard InChI is InChI=1S/C14H12FNO4S/c1-9(17)13-6-10(15)8-16-14(13)20-11-4-3-5-12(7-11)21(2,18)19/h3-8H,1-2H3. The zero-order chi connectivity index (χ0) is 15.6. The van der Waals surface area contributed by atoms with Gasteiger partial charge in [-0.05, 0) is 31.2 Å². The summed E-state index contributed by atoms with van der Waals surface area (Å²) in [6, 6.07) is 6.77. The fraction of sp³-hybridized carbons (Fsp3) is 0.143. The summed E-state index contributed by atoms with van der Waals surface area (Å²) in [5.41, 5.74) is -0.0141. The Balaban J connectivity index is 2.41. The number of hydrogen-bond donors (Lipinski definition) is 0. The number of pyridine rings is 1. The third-order valence-corrected chi connectivity index (χ3v) is 3.76. The van der Waals surface area contributed by atoms with Crippen LogP contribution in [0.3, 0.4) is 0 Å². The monoisotopic (exact) mass is 309 g/mol. The molecule has 110 valence electrons. The maximum atomic E-state index is 13.1. The molecule has 5 nitrogen and oxygen atoms in total. The topological polar surface area (TPSA) is 73.3 Å². The highest BCUT2D eigenvalue weighted by Crippen LogP contribution is 2.26. The van der Waals surface area contributed by atoms with Gasteiger partial charge in [0.1, 0.15) is 11.6 Å². The molecule has 7 heteroatoms. The van der Waals surface area contributed by atoms with Crippen molar-refractivity contribution in [1.82, 2.24) is 4.98 Å². The summed E-state index contributed by atoms with van der Waals surface area (Å²) in [4.78, 5) is 15.2. The average Bonchev–Trinajstić information content (AvgIpc) is 2.40. The van der Waals surface area contributed by atoms with Crippen LogP contribution in [0.5, 0.6) is 11.6 Å². The highest BCUT2D eigenvalue weighted by atomic mass is 32.2. The maximum Gasteiger partial charge on any atom is 0.230 e. The van der Waals surface area contributed by atoms with Gasteiger partial charge in [-0.25, -0.2) is 17.8 Å². The second-order valence-electron chi connectivity index (χ2n) is 4.41. The number of carbonyl (C=O) groups excluding carboxylic acids is 1. The number of carbonyl (C=O) groups is 1. The van der Waals surface area contributed by atoms with E-state index in [2.05, 4.69) is 4.98 Å². The fourth-order valence-corrected chi connectivity index (χ4v) is 2.30. The summed E-state index contributed by atoms with van der Waals surface area (Å²) in [6.45, 7) is 1.26. The van der Waals surface area contributed by atoms with Crippen LogP contribution in [0.4, 0.5) is 4.39 Å². The summed E-state index contributed by atoms with van der Waals surface area (Å²) in [7, 11) is -3.38. The van der Waals surface area contributed by atoms with Crippen LogP contribution in [0.15, 0.2) is 41.4 Å². The average molecular weight is 309 g/mol. The minimum Gasteiger partial charge on any atom is -0.438 e. The Kier molecular flexibility index (Phi) is 4.04. The zero-order valence-electron chi connectivity index (χ0n) is 11.3. The van der Waals surface area contributed by atoms with Crippen LogP contribution in [0.1, 0.15) is 17.3 Å². The van der Waals surface area contributed by atoms with E-state index in [0.29, 0.717) is 0 Å². The Bertz CT molecular complexity index is 802. The molecule has 0 spiro atoms. The zero-order valence-corrected chi connectivity index (χ0v) is 12.1. The van der Waals surface area contributed by atoms with Crippen molar-refractivity contribution >= 4 is 15.6 Å². The van der Waals surface area contributed by atoms with Gasteiger partial charge in [-0.2, -0.15) is 0 Å². The lowest BCUT2D eigenvalue weighted by Gasteiger charge is -2.09. The third kappa shape index (κ3) is 3.63. The van der Waals surface area contributed by atoms with E-state index in [1.807, 2.05) is 0 Å². The van der Waals surface area contributed by atoms with Crippen LogP contribution in [0.2, 0.25) is 0 Å². The number of ether oxygens (including phenoxy) is 1. The number of halogens is 1. The molecule has 2 rings (SSSR count). The van der Waals surface area contributed by atoms with Crippen LogP contribution in [0, 0.1) is 5.82 Å². The van der Waals surface area contributed by atoms with Crippen molar-refractivity contribution in [3.8, 4) is 11.6 Å². The predicted octanol–water partition coefficient (Wildman–Crippen LogP) is 2.62. The molecule has 0 radical (unpaired) electrons. The molecule has 0 saturated heterocycles. The molecule has 1 heterocycles. The van der Waals surface area contributed by atoms with Gasteiger partial charge in [-0.3, -0.25) is 4.79 Å². The maximum absolute atomic E-state index is 13.1. The molecule has 21 heavy (non-hydrogen) atoms. The Morgan fingerprint density at radius 1 is 1.29 bits per heavy atom. The minimum absolute atomic E-state index is 0.0141. The molecule has 1 aromatic heterocycles. The number of rotatable bonds is 4. The normalized spacial score (nSPS) is 11.2. The van der Waals surface area contributed by atoms with Gasteiger partial charge in [0.15, 0.2) is 15.6 Å². The molecule has 1 aromatic carbocycles. The molecule has 0 fully saturated rings. The molecule has 0 saturated carbocycles. The smallest absolute Gasteiger partial charge is 0.230 e. The van der Waals surface area contributed by atoms with E-state index >= 15 is 0 Å². The van der Waals surface area contributed by atoms with Crippen molar-refractivity contribution in [1.29, 1.82) is 0 Å². The minimum atomic E-state index is -3.38. The van der Waals surface area contributed by atoms with Gasteiger partial charge in [0.25, 0.3) is 0 Å². The van der Waals surface area contributed by atoms with Crippen molar-refractivity contribution in [2.45, 2.75) is 11.8 Å². The van der Waals surface area contributed by atoms with E-state index in [1.54, 1.807) is 0 Å². The molecular weight excluding hydrogens is 297 g/mol. The summed E-state index contributed by atoms with van der Waals surface area (Å²) in [5, 5.41) is 0. The Hall–Kier alpha value is -2.28. The van der Waals surface area contributed by atoms with Crippen molar-refractivity contribution in [2.75, 3.05) is 6.26 Å². The Morgan fingerprint density at radius 3 is 2.62 bits per heavy atom. The van der Waals surface area contributed by atoms with Crippen LogP contribution < -0.4 is 4.74 Å². The van der Waals surface area contributed by atoms with Crippen LogP contribution in [-0.2, 0) is 9.84 Å². The number of benzene rings is 1. The lowest BCUT2D eigenvalue weighted by Crippen LogP contribution is -2.01. The van der Waals surface area contributed by atoms with E-state index in [4.69, 9.17) is 4.74 Å². The summed E-state index contributed by atoms with van der Waals surface area (Å²) in [6.07, 6.45) is 1.99. The first-order valence-corrected chi connectivity index (χ1v) is 7.81. The van der Waals surface area contributed by atoms with Crippen LogP contribution in [0.25, 0.3) is 0 Å². The first kappa shape index (κ1) is 15.1. The first-order valence-electron chi connectivity index (χ1n) is 5.92. The van der Waals surface area contributed by atoms with E-state index in [-0.39, 0.29) is 22.1 Å². The molecule has 0 bridgehead atoms. The van der Waals surface area contributed by atoms with Gasteiger partial charge < -0.3 is 4.74 Å². The highest BCUT2D eigenvalue weighted by molar-refractivity contribution is 7.90. The molecular formula is C14H12FNO4S. The predicted molar refractivity (Wildman–Crippen MR) is 73.8 cm³/mol. The van der Waals surface area contributed by atoms with Crippen molar-refractivity contribution in [3.63, 3.8) is 0 Å². The van der Waals surface area contributed by atoms with E-state index in [0.717, 1.165) is 18.5 Å². The molecule has 0 unspecified atom stereocenters. The second-order valence-corrected chi connectivity index (χ2v) is 6.43. The molecule has 0 N–H and O–H groups in total. The first-order chi connectivity index (χ1) is 9.77. The largest absolute Gasteiger partial charge is 0.438 e. The van der Waals surface area contributed by atoms with E-state index in [9.17, 15) is 17.6 Å². The van der Waals surface area contributed by atoms with Gasteiger partial charge in [-0.15, -0.1) is 0 Å². The Labute approximate surface area is 121 Å². The number of nitrogens with zero attached hydrogens (tertiary/aromatic N) is 1. The number of ketones is 1. The summed E-state index contributed by atoms with van der Waals surface area (Å²) >= 11 is 0. The SMILES string of the molecule is CC(=O)c1cc(F)cnc1Oc1cccc(S(C)(=O)=O)c1. The highest BCUT2D eigenvalue weighted by Gasteiger charge is 2.14. The molecule has 0 aliphatic carbocycles. The van der Waals surface area contributed by atoms with Gasteiger partial charge in [-0.1, -0.05) is 6.07 Å². The van der Waals surface area contributed by atoms with E-state index in [1.165, 1.54) is 31.2 Å². The number of aromatic nitrogens is 1. The van der Waals surface area contributed by atoms with Gasteiger partial charge in [0.2, 0.25) is 5.88 Å².